The van der Waals surface area contributed by atoms with Crippen molar-refractivity contribution >= 4 is 12.4 Å². The van der Waals surface area contributed by atoms with Crippen molar-refractivity contribution in [2.24, 2.45) is 5.73 Å². The molecule has 7 heavy (non-hydrogen) atoms. The van der Waals surface area contributed by atoms with Gasteiger partial charge in [0.1, 0.15) is 0 Å². The minimum atomic E-state index is 0. The van der Waals surface area contributed by atoms with Gasteiger partial charge in [-0.2, -0.15) is 0 Å². The van der Waals surface area contributed by atoms with Crippen LogP contribution >= 0.6 is 12.4 Å². The van der Waals surface area contributed by atoms with E-state index in [0.717, 1.165) is 6.54 Å². The van der Waals surface area contributed by atoms with Crippen molar-refractivity contribution in [2.45, 2.75) is 6.92 Å². The summed E-state index contributed by atoms with van der Waals surface area (Å²) in [6.07, 6.45) is 0. The van der Waals surface area contributed by atoms with Gasteiger partial charge in [0.25, 0.3) is 0 Å². The van der Waals surface area contributed by atoms with Crippen molar-refractivity contribution in [2.75, 3.05) is 20.6 Å². The molecule has 0 spiro atoms. The average molecular weight is 127 g/mol. The molecule has 0 aliphatic heterocycles. The second-order valence-electron chi connectivity index (χ2n) is 0.908. The number of rotatable bonds is 0. The van der Waals surface area contributed by atoms with Gasteiger partial charge in [0, 0.05) is 0 Å². The molecule has 0 fully saturated rings. The molecule has 2 nitrogen and oxygen atoms in total. The first-order chi connectivity index (χ1) is 2.83. The van der Waals surface area contributed by atoms with Crippen LogP contribution in [0.4, 0.5) is 0 Å². The van der Waals surface area contributed by atoms with Gasteiger partial charge >= 0.3 is 0 Å². The molecule has 0 saturated carbocycles. The van der Waals surface area contributed by atoms with Crippen LogP contribution in [0.5, 0.6) is 0 Å². The normalized spacial score (nSPS) is 5.14. The van der Waals surface area contributed by atoms with E-state index in [9.17, 15) is 0 Å². The Labute approximate surface area is 51.9 Å². The minimum Gasteiger partial charge on any atom is -0.331 e. The highest BCUT2D eigenvalue weighted by Gasteiger charge is 1.32. The molecule has 0 saturated heterocycles. The molecule has 3 heteroatoms. The molecule has 0 amide bonds. The predicted octanol–water partition coefficient (Wildman–Crippen LogP) is 0.222. The lowest BCUT2D eigenvalue weighted by atomic mass is 10.8. The summed E-state index contributed by atoms with van der Waals surface area (Å²) in [7, 11) is 3.75. The maximum atomic E-state index is 4.85. The maximum Gasteiger partial charge on any atom is -0.0106 e. The van der Waals surface area contributed by atoms with Crippen molar-refractivity contribution in [1.29, 1.82) is 0 Å². The minimum absolute atomic E-state index is 0. The zero-order valence-corrected chi connectivity index (χ0v) is 6.01. The molecule has 0 aliphatic carbocycles. The first-order valence-corrected chi connectivity index (χ1v) is 2.12. The Morgan fingerprint density at radius 2 is 1.43 bits per heavy atom. The summed E-state index contributed by atoms with van der Waals surface area (Å²) < 4.78 is 0. The van der Waals surface area contributed by atoms with Gasteiger partial charge in [-0.15, -0.1) is 12.4 Å². The summed E-state index contributed by atoms with van der Waals surface area (Å²) in [6.45, 7) is 2.65. The lowest BCUT2D eigenvalue weighted by Gasteiger charge is -1.59. The first-order valence-electron chi connectivity index (χ1n) is 2.12. The molecule has 0 aromatic heterocycles. The summed E-state index contributed by atoms with van der Waals surface area (Å²) in [5.41, 5.74) is 4.85. The molecule has 0 bridgehead atoms. The van der Waals surface area contributed by atoms with Crippen LogP contribution in [0.3, 0.4) is 0 Å². The fourth-order valence-corrected chi connectivity index (χ4v) is 0. The van der Waals surface area contributed by atoms with E-state index in [4.69, 9.17) is 5.73 Å². The molecular formula is C4H15ClN2. The van der Waals surface area contributed by atoms with Crippen LogP contribution in [0.1, 0.15) is 6.92 Å². The molecule has 0 aliphatic rings. The Morgan fingerprint density at radius 1 is 1.43 bits per heavy atom. The Hall–Kier alpha value is 0.210. The molecule has 0 aromatic rings. The lowest BCUT2D eigenvalue weighted by molar-refractivity contribution is 1.02. The molecule has 0 rings (SSSR count). The Kier molecular flexibility index (Phi) is 77.3. The van der Waals surface area contributed by atoms with Gasteiger partial charge < -0.3 is 11.1 Å². The highest BCUT2D eigenvalue weighted by Crippen LogP contribution is 1.20. The number of hydrogen-bond acceptors (Lipinski definition) is 2. The summed E-state index contributed by atoms with van der Waals surface area (Å²) in [4.78, 5) is 0. The molecule has 48 valence electrons. The van der Waals surface area contributed by atoms with Crippen molar-refractivity contribution in [3.8, 4) is 0 Å². The number of nitrogens with two attached hydrogens (primary N) is 1. The smallest absolute Gasteiger partial charge is 0.0106 e. The predicted molar refractivity (Wildman–Crippen MR) is 37.0 cm³/mol. The quantitative estimate of drug-likeness (QED) is 0.488. The third-order valence-electron chi connectivity index (χ3n) is 0. The van der Waals surface area contributed by atoms with E-state index in [1.165, 1.54) is 0 Å². The van der Waals surface area contributed by atoms with Gasteiger partial charge in [-0.3, -0.25) is 0 Å². The fourth-order valence-electron chi connectivity index (χ4n) is 0. The van der Waals surface area contributed by atoms with Crippen LogP contribution in [-0.2, 0) is 0 Å². The fraction of sp³-hybridized carbons (Fsp3) is 1.00. The van der Waals surface area contributed by atoms with E-state index in [0.29, 0.717) is 0 Å². The molecule has 0 heterocycles. The van der Waals surface area contributed by atoms with Crippen molar-refractivity contribution in [1.82, 2.24) is 5.32 Å². The van der Waals surface area contributed by atoms with Gasteiger partial charge in [0.2, 0.25) is 0 Å². The standard InChI is InChI=1S/2C2H7N.ClH/c1-3-2;1-2-3;/h3H,1-2H3;2-3H2,1H3;1H. The van der Waals surface area contributed by atoms with E-state index in [2.05, 4.69) is 5.32 Å². The van der Waals surface area contributed by atoms with E-state index >= 15 is 0 Å². The van der Waals surface area contributed by atoms with Gasteiger partial charge in [0.05, 0.1) is 0 Å². The van der Waals surface area contributed by atoms with Gasteiger partial charge in [0.15, 0.2) is 0 Å². The van der Waals surface area contributed by atoms with Crippen LogP contribution in [0.15, 0.2) is 0 Å². The van der Waals surface area contributed by atoms with E-state index in [-0.39, 0.29) is 12.4 Å². The van der Waals surface area contributed by atoms with Gasteiger partial charge in [-0.1, -0.05) is 6.92 Å². The highest BCUT2D eigenvalue weighted by atomic mass is 35.5. The Morgan fingerprint density at radius 3 is 1.43 bits per heavy atom. The Balaban J connectivity index is -0.0000000400. The van der Waals surface area contributed by atoms with Crippen molar-refractivity contribution < 1.29 is 0 Å². The highest BCUT2D eigenvalue weighted by molar-refractivity contribution is 5.85. The average Bonchev–Trinajstić information content (AvgIpc) is 1.39. The van der Waals surface area contributed by atoms with Crippen molar-refractivity contribution in [3.05, 3.63) is 0 Å². The lowest BCUT2D eigenvalue weighted by Crippen LogP contribution is -1.89. The van der Waals surface area contributed by atoms with Crippen LogP contribution in [0.2, 0.25) is 0 Å². The zero-order chi connectivity index (χ0) is 5.41. The summed E-state index contributed by atoms with van der Waals surface area (Å²) in [5, 5.41) is 2.75. The topological polar surface area (TPSA) is 38.0 Å². The second-order valence-corrected chi connectivity index (χ2v) is 0.908. The summed E-state index contributed by atoms with van der Waals surface area (Å²) in [5.74, 6) is 0. The molecule has 0 unspecified atom stereocenters. The largest absolute Gasteiger partial charge is 0.331 e. The van der Waals surface area contributed by atoms with Gasteiger partial charge in [-0.05, 0) is 20.6 Å². The van der Waals surface area contributed by atoms with Crippen LogP contribution < -0.4 is 11.1 Å². The van der Waals surface area contributed by atoms with E-state index < -0.39 is 0 Å². The third kappa shape index (κ3) is 2500. The molecule has 3 N–H and O–H groups in total. The maximum absolute atomic E-state index is 4.85. The Bertz CT molecular complexity index is 11.7. The number of halogens is 1. The third-order valence-corrected chi connectivity index (χ3v) is 0. The molecule has 0 radical (unpaired) electrons. The number of hydrogen-bond donors (Lipinski definition) is 2. The van der Waals surface area contributed by atoms with Crippen molar-refractivity contribution in [3.63, 3.8) is 0 Å². The monoisotopic (exact) mass is 126 g/mol. The van der Waals surface area contributed by atoms with Crippen LogP contribution in [0.25, 0.3) is 0 Å². The molecule has 0 aromatic carbocycles. The summed E-state index contributed by atoms with van der Waals surface area (Å²) >= 11 is 0. The summed E-state index contributed by atoms with van der Waals surface area (Å²) in [6, 6.07) is 0. The first kappa shape index (κ1) is 15.7. The van der Waals surface area contributed by atoms with Crippen LogP contribution in [-0.4, -0.2) is 20.6 Å². The number of nitrogens with one attached hydrogen (secondary N) is 1. The molecular weight excluding hydrogens is 112 g/mol. The van der Waals surface area contributed by atoms with Crippen LogP contribution in [0, 0.1) is 0 Å². The molecule has 0 atom stereocenters. The SMILES string of the molecule is CCN.CNC.Cl. The zero-order valence-electron chi connectivity index (χ0n) is 5.19. The van der Waals surface area contributed by atoms with E-state index in [1.54, 1.807) is 0 Å². The second kappa shape index (κ2) is 34.5. The van der Waals surface area contributed by atoms with Gasteiger partial charge in [-0.25, -0.2) is 0 Å². The van der Waals surface area contributed by atoms with E-state index in [1.807, 2.05) is 21.0 Å².